The second kappa shape index (κ2) is 5.14. The largest absolute Gasteiger partial charge is 0.477 e. The van der Waals surface area contributed by atoms with Gasteiger partial charge in [-0.3, -0.25) is 4.79 Å². The minimum absolute atomic E-state index is 0.0113. The Morgan fingerprint density at radius 2 is 2.16 bits per heavy atom. The van der Waals surface area contributed by atoms with Crippen LogP contribution in [0, 0.1) is 0 Å². The number of hydrogen-bond acceptors (Lipinski definition) is 3. The predicted octanol–water partition coefficient (Wildman–Crippen LogP) is 2.37. The fourth-order valence-corrected chi connectivity index (χ4v) is 2.14. The van der Waals surface area contributed by atoms with E-state index in [4.69, 9.17) is 28.3 Å². The van der Waals surface area contributed by atoms with E-state index in [0.29, 0.717) is 0 Å². The number of aromatic carboxylic acids is 1. The van der Waals surface area contributed by atoms with Crippen LogP contribution in [0.4, 0.5) is 4.39 Å². The molecule has 2 rings (SSSR count). The van der Waals surface area contributed by atoms with Crippen molar-refractivity contribution in [1.82, 2.24) is 9.55 Å². The van der Waals surface area contributed by atoms with Crippen LogP contribution in [0.2, 0.25) is 10.2 Å². The molecule has 2 heterocycles. The Morgan fingerprint density at radius 3 is 2.74 bits per heavy atom. The van der Waals surface area contributed by atoms with E-state index in [1.807, 2.05) is 0 Å². The van der Waals surface area contributed by atoms with E-state index in [-0.39, 0.29) is 27.6 Å². The molecule has 0 aliphatic rings. The molecule has 19 heavy (non-hydrogen) atoms. The fraction of sp³-hybridized carbons (Fsp3) is 0.182. The third-order valence-corrected chi connectivity index (χ3v) is 3.31. The summed E-state index contributed by atoms with van der Waals surface area (Å²) < 4.78 is 13.8. The highest BCUT2D eigenvalue weighted by molar-refractivity contribution is 6.44. The first-order valence-corrected chi connectivity index (χ1v) is 5.89. The molecular formula is C11H7Cl2FN2O3. The minimum atomic E-state index is -1.40. The Bertz CT molecular complexity index is 730. The zero-order valence-electron chi connectivity index (χ0n) is 9.36. The summed E-state index contributed by atoms with van der Waals surface area (Å²) >= 11 is 11.7. The van der Waals surface area contributed by atoms with Gasteiger partial charge in [-0.25, -0.2) is 14.2 Å². The lowest BCUT2D eigenvalue weighted by Crippen LogP contribution is -2.20. The lowest BCUT2D eigenvalue weighted by atomic mass is 10.2. The zero-order valence-corrected chi connectivity index (χ0v) is 10.9. The van der Waals surface area contributed by atoms with E-state index >= 15 is 0 Å². The zero-order chi connectivity index (χ0) is 14.2. The maximum atomic E-state index is 12.5. The molecule has 0 aliphatic heterocycles. The van der Waals surface area contributed by atoms with Crippen molar-refractivity contribution in [3.05, 3.63) is 38.4 Å². The number of carboxylic acids is 1. The van der Waals surface area contributed by atoms with Gasteiger partial charge in [0.2, 0.25) is 5.43 Å². The highest BCUT2D eigenvalue weighted by Gasteiger charge is 2.18. The van der Waals surface area contributed by atoms with Crippen LogP contribution in [0.5, 0.6) is 0 Å². The molecule has 0 bridgehead atoms. The average Bonchev–Trinajstić information content (AvgIpc) is 2.36. The van der Waals surface area contributed by atoms with E-state index in [1.165, 1.54) is 4.57 Å². The van der Waals surface area contributed by atoms with Gasteiger partial charge in [-0.2, -0.15) is 0 Å². The summed E-state index contributed by atoms with van der Waals surface area (Å²) in [4.78, 5) is 26.7. The van der Waals surface area contributed by atoms with Crippen LogP contribution in [0.15, 0.2) is 17.2 Å². The summed E-state index contributed by atoms with van der Waals surface area (Å²) in [7, 11) is 0. The fourth-order valence-electron chi connectivity index (χ4n) is 1.75. The number of halogens is 3. The van der Waals surface area contributed by atoms with Gasteiger partial charge in [0, 0.05) is 12.4 Å². The molecule has 1 N–H and O–H groups in total. The van der Waals surface area contributed by atoms with Crippen molar-refractivity contribution in [2.75, 3.05) is 6.67 Å². The van der Waals surface area contributed by atoms with E-state index in [9.17, 15) is 14.0 Å². The molecule has 0 aromatic carbocycles. The van der Waals surface area contributed by atoms with E-state index < -0.39 is 23.6 Å². The monoisotopic (exact) mass is 304 g/mol. The first kappa shape index (κ1) is 13.8. The number of fused-ring (bicyclic) bond motifs is 1. The molecule has 0 aliphatic carbocycles. The highest BCUT2D eigenvalue weighted by atomic mass is 35.5. The summed E-state index contributed by atoms with van der Waals surface area (Å²) in [5, 5.41) is 8.89. The van der Waals surface area contributed by atoms with Gasteiger partial charge >= 0.3 is 5.97 Å². The third kappa shape index (κ3) is 2.29. The molecule has 0 unspecified atom stereocenters. The predicted molar refractivity (Wildman–Crippen MR) is 69.0 cm³/mol. The number of nitrogens with zero attached hydrogens (tertiary/aromatic N) is 2. The maximum Gasteiger partial charge on any atom is 0.341 e. The van der Waals surface area contributed by atoms with Gasteiger partial charge in [0.15, 0.2) is 0 Å². The Morgan fingerprint density at radius 1 is 1.47 bits per heavy atom. The first-order chi connectivity index (χ1) is 8.97. The lowest BCUT2D eigenvalue weighted by Gasteiger charge is -2.12. The maximum absolute atomic E-state index is 12.5. The SMILES string of the molecule is O=C(O)c1cn(CCF)c2c(Cl)c(Cl)ncc2c1=O. The van der Waals surface area contributed by atoms with Crippen LogP contribution in [-0.2, 0) is 6.54 Å². The van der Waals surface area contributed by atoms with Crippen LogP contribution in [0.25, 0.3) is 10.9 Å². The number of rotatable bonds is 3. The number of pyridine rings is 2. The van der Waals surface area contributed by atoms with E-state index in [1.54, 1.807) is 0 Å². The second-order valence-corrected chi connectivity index (χ2v) is 4.42. The molecule has 0 saturated heterocycles. The number of carbonyl (C=O) groups is 1. The first-order valence-electron chi connectivity index (χ1n) is 5.13. The minimum Gasteiger partial charge on any atom is -0.477 e. The van der Waals surface area contributed by atoms with Crippen LogP contribution < -0.4 is 5.43 Å². The summed E-state index contributed by atoms with van der Waals surface area (Å²) in [6, 6.07) is 0. The highest BCUT2D eigenvalue weighted by Crippen LogP contribution is 2.27. The van der Waals surface area contributed by atoms with Crippen LogP contribution in [-0.4, -0.2) is 27.3 Å². The van der Waals surface area contributed by atoms with Gasteiger partial charge in [0.05, 0.1) is 17.4 Å². The Kier molecular flexibility index (Phi) is 3.73. The molecule has 0 amide bonds. The van der Waals surface area contributed by atoms with Gasteiger partial charge in [0.25, 0.3) is 0 Å². The van der Waals surface area contributed by atoms with Gasteiger partial charge in [-0.1, -0.05) is 23.2 Å². The summed E-state index contributed by atoms with van der Waals surface area (Å²) in [5.41, 5.74) is -1.03. The Balaban J connectivity index is 2.96. The molecular weight excluding hydrogens is 298 g/mol. The number of aryl methyl sites for hydroxylation is 1. The number of hydrogen-bond donors (Lipinski definition) is 1. The van der Waals surface area contributed by atoms with Crippen LogP contribution in [0.1, 0.15) is 10.4 Å². The van der Waals surface area contributed by atoms with Crippen molar-refractivity contribution in [3.63, 3.8) is 0 Å². The molecule has 8 heteroatoms. The van der Waals surface area contributed by atoms with Crippen molar-refractivity contribution in [2.45, 2.75) is 6.54 Å². The molecule has 0 saturated carbocycles. The van der Waals surface area contributed by atoms with Gasteiger partial charge in [0.1, 0.15) is 22.4 Å². The lowest BCUT2D eigenvalue weighted by molar-refractivity contribution is 0.0694. The number of alkyl halides is 1. The molecule has 5 nitrogen and oxygen atoms in total. The topological polar surface area (TPSA) is 72.2 Å². The number of carboxylic acid groups (broad SMARTS) is 1. The van der Waals surface area contributed by atoms with Crippen molar-refractivity contribution in [2.24, 2.45) is 0 Å². The average molecular weight is 305 g/mol. The summed E-state index contributed by atoms with van der Waals surface area (Å²) in [6.45, 7) is -0.885. The Hall–Kier alpha value is -1.66. The molecule has 100 valence electrons. The van der Waals surface area contributed by atoms with Crippen molar-refractivity contribution < 1.29 is 14.3 Å². The smallest absolute Gasteiger partial charge is 0.341 e. The molecule has 2 aromatic rings. The second-order valence-electron chi connectivity index (χ2n) is 3.68. The molecule has 0 spiro atoms. The standard InChI is InChI=1S/C11H7Cl2FN2O3/c12-7-8-5(3-15-10(7)13)9(17)6(11(18)19)4-16(8)2-1-14/h3-4H,1-2H2,(H,18,19). The molecule has 0 atom stereocenters. The van der Waals surface area contributed by atoms with Gasteiger partial charge < -0.3 is 9.67 Å². The summed E-state index contributed by atoms with van der Waals surface area (Å²) in [6.07, 6.45) is 2.18. The van der Waals surface area contributed by atoms with Gasteiger partial charge in [-0.05, 0) is 0 Å². The third-order valence-electron chi connectivity index (χ3n) is 2.57. The number of aromatic nitrogens is 2. The van der Waals surface area contributed by atoms with Crippen LogP contribution >= 0.6 is 23.2 Å². The Labute approximate surface area is 116 Å². The quantitative estimate of drug-likeness (QED) is 0.884. The molecule has 2 aromatic heterocycles. The van der Waals surface area contributed by atoms with Crippen molar-refractivity contribution >= 4 is 40.1 Å². The van der Waals surface area contributed by atoms with Crippen molar-refractivity contribution in [1.29, 1.82) is 0 Å². The van der Waals surface area contributed by atoms with Crippen molar-refractivity contribution in [3.8, 4) is 0 Å². The van der Waals surface area contributed by atoms with Gasteiger partial charge in [-0.15, -0.1) is 0 Å². The van der Waals surface area contributed by atoms with E-state index in [0.717, 1.165) is 12.4 Å². The normalized spacial score (nSPS) is 10.9. The summed E-state index contributed by atoms with van der Waals surface area (Å²) in [5.74, 6) is -1.40. The van der Waals surface area contributed by atoms with Crippen LogP contribution in [0.3, 0.4) is 0 Å². The van der Waals surface area contributed by atoms with E-state index in [2.05, 4.69) is 4.98 Å². The molecule has 0 fully saturated rings. The molecule has 0 radical (unpaired) electrons.